The van der Waals surface area contributed by atoms with Crippen molar-refractivity contribution in [3.05, 3.63) is 0 Å². The fraction of sp³-hybridized carbons (Fsp3) is 0.933. The third-order valence-electron chi connectivity index (χ3n) is 4.92. The van der Waals surface area contributed by atoms with Gasteiger partial charge in [0.2, 0.25) is 0 Å². The maximum Gasteiger partial charge on any atom is 0.165 e. The van der Waals surface area contributed by atoms with Gasteiger partial charge in [-0.1, -0.05) is 20.8 Å². The van der Waals surface area contributed by atoms with Crippen LogP contribution in [0.25, 0.3) is 0 Å². The largest absolute Gasteiger partial charge is 0.368 e. The van der Waals surface area contributed by atoms with E-state index in [4.69, 9.17) is 4.74 Å². The normalized spacial score (nSPS) is 38.6. The zero-order valence-corrected chi connectivity index (χ0v) is 12.0. The van der Waals surface area contributed by atoms with Gasteiger partial charge < -0.3 is 4.74 Å². The molecule has 1 heterocycles. The third kappa shape index (κ3) is 3.12. The summed E-state index contributed by atoms with van der Waals surface area (Å²) in [5, 5.41) is 0. The zero-order chi connectivity index (χ0) is 13.1. The van der Waals surface area contributed by atoms with Crippen molar-refractivity contribution in [1.29, 1.82) is 0 Å². The van der Waals surface area contributed by atoms with Gasteiger partial charge in [0.05, 0.1) is 6.61 Å². The van der Waals surface area contributed by atoms with Gasteiger partial charge in [0, 0.05) is 19.0 Å². The van der Waals surface area contributed by atoms with E-state index in [-0.39, 0.29) is 12.0 Å². The first-order valence-electron chi connectivity index (χ1n) is 7.49. The molecule has 0 bridgehead atoms. The fourth-order valence-corrected chi connectivity index (χ4v) is 3.23. The number of Topliss-reactive ketones (excluding diaryl/α,β-unsaturated/α-hetero) is 1. The Labute approximate surface area is 111 Å². The number of nitrogens with zero attached hydrogens (tertiary/aromatic N) is 1. The summed E-state index contributed by atoms with van der Waals surface area (Å²) in [4.78, 5) is 14.8. The second-order valence-corrected chi connectivity index (χ2v) is 6.12. The zero-order valence-electron chi connectivity index (χ0n) is 12.0. The summed E-state index contributed by atoms with van der Waals surface area (Å²) in [6.07, 6.45) is 3.16. The Kier molecular flexibility index (Phi) is 4.79. The number of hydrogen-bond acceptors (Lipinski definition) is 3. The monoisotopic (exact) mass is 253 g/mol. The van der Waals surface area contributed by atoms with Crippen molar-refractivity contribution in [3.8, 4) is 0 Å². The summed E-state index contributed by atoms with van der Waals surface area (Å²) in [5.74, 6) is 2.07. The average Bonchev–Trinajstić information content (AvgIpc) is 2.41. The van der Waals surface area contributed by atoms with Crippen molar-refractivity contribution in [1.82, 2.24) is 4.90 Å². The Bertz CT molecular complexity index is 284. The first-order chi connectivity index (χ1) is 8.61. The standard InChI is InChI=1S/C15H27NO2/c1-4-16-7-8-18-14(10-16)15(17)13-6-5-11(2)12(3)9-13/h11-14H,4-10H2,1-3H3. The van der Waals surface area contributed by atoms with Gasteiger partial charge in [-0.3, -0.25) is 9.69 Å². The number of rotatable bonds is 3. The van der Waals surface area contributed by atoms with E-state index in [1.54, 1.807) is 0 Å². The number of morpholine rings is 1. The smallest absolute Gasteiger partial charge is 0.165 e. The molecule has 2 fully saturated rings. The molecule has 1 saturated carbocycles. The summed E-state index contributed by atoms with van der Waals surface area (Å²) in [6.45, 7) is 10.2. The molecular formula is C15H27NO2. The lowest BCUT2D eigenvalue weighted by molar-refractivity contribution is -0.142. The van der Waals surface area contributed by atoms with Crippen molar-refractivity contribution in [2.45, 2.75) is 46.1 Å². The van der Waals surface area contributed by atoms with Crippen LogP contribution in [0.5, 0.6) is 0 Å². The van der Waals surface area contributed by atoms with Crippen molar-refractivity contribution in [3.63, 3.8) is 0 Å². The average molecular weight is 253 g/mol. The number of carbonyl (C=O) groups excluding carboxylic acids is 1. The Morgan fingerprint density at radius 1 is 1.28 bits per heavy atom. The number of ketones is 1. The lowest BCUT2D eigenvalue weighted by Gasteiger charge is -2.36. The molecule has 4 unspecified atom stereocenters. The van der Waals surface area contributed by atoms with Gasteiger partial charge in [-0.2, -0.15) is 0 Å². The lowest BCUT2D eigenvalue weighted by Crippen LogP contribution is -2.48. The van der Waals surface area contributed by atoms with Gasteiger partial charge in [-0.15, -0.1) is 0 Å². The van der Waals surface area contributed by atoms with Gasteiger partial charge in [0.25, 0.3) is 0 Å². The van der Waals surface area contributed by atoms with Gasteiger partial charge in [0.15, 0.2) is 5.78 Å². The van der Waals surface area contributed by atoms with Crippen molar-refractivity contribution in [2.24, 2.45) is 17.8 Å². The summed E-state index contributed by atoms with van der Waals surface area (Å²) in [7, 11) is 0. The molecule has 0 aromatic carbocycles. The molecule has 3 heteroatoms. The van der Waals surface area contributed by atoms with Crippen molar-refractivity contribution >= 4 is 5.78 Å². The topological polar surface area (TPSA) is 29.5 Å². The van der Waals surface area contributed by atoms with E-state index in [9.17, 15) is 4.79 Å². The van der Waals surface area contributed by atoms with Gasteiger partial charge in [-0.25, -0.2) is 0 Å². The van der Waals surface area contributed by atoms with Crippen LogP contribution < -0.4 is 0 Å². The number of ether oxygens (including phenoxy) is 1. The quantitative estimate of drug-likeness (QED) is 0.773. The number of carbonyl (C=O) groups is 1. The van der Waals surface area contributed by atoms with Crippen LogP contribution in [0.15, 0.2) is 0 Å². The Morgan fingerprint density at radius 3 is 2.72 bits per heavy atom. The molecule has 2 aliphatic rings. The maximum absolute atomic E-state index is 12.5. The van der Waals surface area contributed by atoms with Gasteiger partial charge in [-0.05, 0) is 37.6 Å². The highest BCUT2D eigenvalue weighted by atomic mass is 16.5. The van der Waals surface area contributed by atoms with Crippen LogP contribution in [-0.2, 0) is 9.53 Å². The second kappa shape index (κ2) is 6.16. The van der Waals surface area contributed by atoms with Crippen LogP contribution in [0.3, 0.4) is 0 Å². The molecular weight excluding hydrogens is 226 g/mol. The Balaban J connectivity index is 1.90. The maximum atomic E-state index is 12.5. The highest BCUT2D eigenvalue weighted by molar-refractivity contribution is 5.85. The highest BCUT2D eigenvalue weighted by Crippen LogP contribution is 2.34. The second-order valence-electron chi connectivity index (χ2n) is 6.12. The summed E-state index contributed by atoms with van der Waals surface area (Å²) in [5.41, 5.74) is 0. The molecule has 0 N–H and O–H groups in total. The first-order valence-corrected chi connectivity index (χ1v) is 7.49. The van der Waals surface area contributed by atoms with E-state index >= 15 is 0 Å². The molecule has 2 rings (SSSR count). The van der Waals surface area contributed by atoms with E-state index in [2.05, 4.69) is 25.7 Å². The Hall–Kier alpha value is -0.410. The summed E-state index contributed by atoms with van der Waals surface area (Å²) < 4.78 is 5.70. The molecule has 0 aromatic heterocycles. The van der Waals surface area contributed by atoms with Crippen LogP contribution in [0, 0.1) is 17.8 Å². The van der Waals surface area contributed by atoms with Crippen LogP contribution in [0.4, 0.5) is 0 Å². The summed E-state index contributed by atoms with van der Waals surface area (Å²) in [6, 6.07) is 0. The van der Waals surface area contributed by atoms with Crippen LogP contribution in [0.2, 0.25) is 0 Å². The van der Waals surface area contributed by atoms with Crippen molar-refractivity contribution in [2.75, 3.05) is 26.2 Å². The molecule has 0 amide bonds. The molecule has 0 spiro atoms. The third-order valence-corrected chi connectivity index (χ3v) is 4.92. The van der Waals surface area contributed by atoms with E-state index in [0.717, 1.165) is 38.4 Å². The number of hydrogen-bond donors (Lipinski definition) is 0. The molecule has 1 saturated heterocycles. The minimum Gasteiger partial charge on any atom is -0.368 e. The predicted molar refractivity (Wildman–Crippen MR) is 72.5 cm³/mol. The van der Waals surface area contributed by atoms with Gasteiger partial charge in [0.1, 0.15) is 6.10 Å². The fourth-order valence-electron chi connectivity index (χ4n) is 3.23. The van der Waals surface area contributed by atoms with Crippen LogP contribution in [0.1, 0.15) is 40.0 Å². The molecule has 0 aromatic rings. The Morgan fingerprint density at radius 2 is 2.06 bits per heavy atom. The molecule has 1 aliphatic carbocycles. The van der Waals surface area contributed by atoms with E-state index in [1.165, 1.54) is 6.42 Å². The SMILES string of the molecule is CCN1CCOC(C(=O)C2CCC(C)C(C)C2)C1. The molecule has 18 heavy (non-hydrogen) atoms. The number of likely N-dealkylation sites (N-methyl/N-ethyl adjacent to an activating group) is 1. The van der Waals surface area contributed by atoms with E-state index in [0.29, 0.717) is 18.3 Å². The molecule has 0 radical (unpaired) electrons. The first kappa shape index (κ1) is 14.0. The van der Waals surface area contributed by atoms with E-state index in [1.807, 2.05) is 0 Å². The lowest BCUT2D eigenvalue weighted by atomic mass is 9.73. The minimum absolute atomic E-state index is 0.163. The van der Waals surface area contributed by atoms with Crippen molar-refractivity contribution < 1.29 is 9.53 Å². The summed E-state index contributed by atoms with van der Waals surface area (Å²) >= 11 is 0. The van der Waals surface area contributed by atoms with Crippen LogP contribution in [-0.4, -0.2) is 43.0 Å². The molecule has 104 valence electrons. The molecule has 1 aliphatic heterocycles. The predicted octanol–water partition coefficient (Wildman–Crippen LogP) is 2.35. The van der Waals surface area contributed by atoms with Crippen LogP contribution >= 0.6 is 0 Å². The molecule has 4 atom stereocenters. The highest BCUT2D eigenvalue weighted by Gasteiger charge is 2.35. The van der Waals surface area contributed by atoms with E-state index < -0.39 is 0 Å². The molecule has 3 nitrogen and oxygen atoms in total. The minimum atomic E-state index is -0.163. The van der Waals surface area contributed by atoms with Gasteiger partial charge >= 0.3 is 0 Å².